The summed E-state index contributed by atoms with van der Waals surface area (Å²) in [5.41, 5.74) is 6.87. The summed E-state index contributed by atoms with van der Waals surface area (Å²) >= 11 is 0. The molecule has 0 bridgehead atoms. The third kappa shape index (κ3) is 1.97. The third-order valence-corrected chi connectivity index (χ3v) is 2.34. The maximum absolute atomic E-state index is 13.1. The molecule has 0 aliphatic carbocycles. The summed E-state index contributed by atoms with van der Waals surface area (Å²) < 4.78 is 18.5. The van der Waals surface area contributed by atoms with Gasteiger partial charge in [-0.15, -0.1) is 0 Å². The molecule has 0 unspecified atom stereocenters. The normalized spacial score (nSPS) is 10.7. The zero-order chi connectivity index (χ0) is 11.5. The van der Waals surface area contributed by atoms with Gasteiger partial charge in [0.05, 0.1) is 6.54 Å². The molecule has 1 aromatic heterocycles. The number of hydrogen-bond donors (Lipinski definition) is 1. The largest absolute Gasteiger partial charge is 0.444 e. The van der Waals surface area contributed by atoms with Gasteiger partial charge in [-0.05, 0) is 12.1 Å². The van der Waals surface area contributed by atoms with E-state index in [4.69, 9.17) is 10.2 Å². The van der Waals surface area contributed by atoms with Crippen LogP contribution in [0.4, 0.5) is 4.39 Å². The van der Waals surface area contributed by atoms with Crippen LogP contribution >= 0.6 is 0 Å². The molecule has 0 saturated heterocycles. The molecule has 1 aromatic carbocycles. The Bertz CT molecular complexity index is 494. The van der Waals surface area contributed by atoms with Gasteiger partial charge in [0.25, 0.3) is 0 Å². The highest BCUT2D eigenvalue weighted by molar-refractivity contribution is 5.61. The molecule has 0 atom stereocenters. The van der Waals surface area contributed by atoms with Gasteiger partial charge in [-0.1, -0.05) is 19.1 Å². The van der Waals surface area contributed by atoms with Crippen LogP contribution in [0.2, 0.25) is 0 Å². The average Bonchev–Trinajstić information content (AvgIpc) is 2.72. The predicted molar refractivity (Wildman–Crippen MR) is 59.2 cm³/mol. The van der Waals surface area contributed by atoms with Gasteiger partial charge in [0.15, 0.2) is 0 Å². The highest BCUT2D eigenvalue weighted by atomic mass is 19.1. The molecular formula is C12H13FN2O. The van der Waals surface area contributed by atoms with Crippen LogP contribution in [0.1, 0.15) is 18.6 Å². The minimum atomic E-state index is -0.281. The van der Waals surface area contributed by atoms with E-state index in [1.54, 1.807) is 12.1 Å². The Hall–Kier alpha value is -1.68. The summed E-state index contributed by atoms with van der Waals surface area (Å²) in [7, 11) is 0. The van der Waals surface area contributed by atoms with E-state index >= 15 is 0 Å². The van der Waals surface area contributed by atoms with Gasteiger partial charge in [0, 0.05) is 12.0 Å². The fourth-order valence-electron chi connectivity index (χ4n) is 1.59. The lowest BCUT2D eigenvalue weighted by atomic mass is 10.1. The molecule has 0 saturated carbocycles. The maximum atomic E-state index is 13.1. The van der Waals surface area contributed by atoms with Crippen molar-refractivity contribution in [3.63, 3.8) is 0 Å². The highest BCUT2D eigenvalue weighted by Gasteiger charge is 2.12. The second kappa shape index (κ2) is 4.45. The van der Waals surface area contributed by atoms with Crippen molar-refractivity contribution >= 4 is 0 Å². The molecule has 0 radical (unpaired) electrons. The maximum Gasteiger partial charge on any atom is 0.208 e. The molecule has 0 aliphatic heterocycles. The molecule has 2 aromatic rings. The Labute approximate surface area is 93.1 Å². The van der Waals surface area contributed by atoms with E-state index in [2.05, 4.69) is 4.98 Å². The van der Waals surface area contributed by atoms with Crippen molar-refractivity contribution in [1.29, 1.82) is 0 Å². The summed E-state index contributed by atoms with van der Waals surface area (Å²) in [6.07, 6.45) is 0.707. The monoisotopic (exact) mass is 220 g/mol. The number of oxazole rings is 1. The van der Waals surface area contributed by atoms with Crippen LogP contribution in [0, 0.1) is 5.82 Å². The second-order valence-electron chi connectivity index (χ2n) is 3.45. The van der Waals surface area contributed by atoms with Crippen molar-refractivity contribution in [2.45, 2.75) is 19.9 Å². The first-order valence-corrected chi connectivity index (χ1v) is 5.19. The van der Waals surface area contributed by atoms with Gasteiger partial charge in [0.2, 0.25) is 5.89 Å². The predicted octanol–water partition coefficient (Wildman–Crippen LogP) is 2.50. The lowest BCUT2D eigenvalue weighted by Gasteiger charge is -1.98. The smallest absolute Gasteiger partial charge is 0.208 e. The highest BCUT2D eigenvalue weighted by Crippen LogP contribution is 2.24. The van der Waals surface area contributed by atoms with Crippen LogP contribution in [-0.4, -0.2) is 4.98 Å². The number of hydrogen-bond acceptors (Lipinski definition) is 3. The van der Waals surface area contributed by atoms with Gasteiger partial charge < -0.3 is 10.2 Å². The number of halogens is 1. The number of aryl methyl sites for hydroxylation is 1. The van der Waals surface area contributed by atoms with Gasteiger partial charge in [0.1, 0.15) is 17.3 Å². The van der Waals surface area contributed by atoms with E-state index in [1.165, 1.54) is 12.1 Å². The first kappa shape index (κ1) is 10.8. The third-order valence-electron chi connectivity index (χ3n) is 2.34. The molecule has 1 heterocycles. The molecule has 4 heteroatoms. The summed E-state index contributed by atoms with van der Waals surface area (Å²) in [6, 6.07) is 6.30. The lowest BCUT2D eigenvalue weighted by molar-refractivity contribution is 0.461. The van der Waals surface area contributed by atoms with E-state index in [0.717, 1.165) is 11.3 Å². The van der Waals surface area contributed by atoms with Crippen LogP contribution < -0.4 is 5.73 Å². The fourth-order valence-corrected chi connectivity index (χ4v) is 1.59. The molecule has 0 fully saturated rings. The van der Waals surface area contributed by atoms with Crippen molar-refractivity contribution in [1.82, 2.24) is 4.98 Å². The van der Waals surface area contributed by atoms with E-state index in [0.29, 0.717) is 18.0 Å². The van der Waals surface area contributed by atoms with Crippen molar-refractivity contribution < 1.29 is 8.81 Å². The second-order valence-corrected chi connectivity index (χ2v) is 3.45. The quantitative estimate of drug-likeness (QED) is 0.864. The van der Waals surface area contributed by atoms with E-state index in [9.17, 15) is 4.39 Å². The summed E-state index contributed by atoms with van der Waals surface area (Å²) in [5, 5.41) is 0. The van der Waals surface area contributed by atoms with E-state index in [-0.39, 0.29) is 12.4 Å². The molecule has 0 amide bonds. The Kier molecular flexibility index (Phi) is 3.01. The molecule has 2 rings (SSSR count). The topological polar surface area (TPSA) is 52.0 Å². The molecule has 16 heavy (non-hydrogen) atoms. The van der Waals surface area contributed by atoms with Gasteiger partial charge >= 0.3 is 0 Å². The van der Waals surface area contributed by atoms with Crippen molar-refractivity contribution in [3.8, 4) is 11.3 Å². The molecule has 0 spiro atoms. The Morgan fingerprint density at radius 3 is 2.88 bits per heavy atom. The van der Waals surface area contributed by atoms with E-state index in [1.807, 2.05) is 6.92 Å². The van der Waals surface area contributed by atoms with Crippen molar-refractivity contribution in [2.24, 2.45) is 5.73 Å². The van der Waals surface area contributed by atoms with Crippen LogP contribution in [0.5, 0.6) is 0 Å². The van der Waals surface area contributed by atoms with E-state index < -0.39 is 0 Å². The van der Waals surface area contributed by atoms with Gasteiger partial charge in [-0.3, -0.25) is 0 Å². The Balaban J connectivity index is 2.50. The fraction of sp³-hybridized carbons (Fsp3) is 0.250. The first-order valence-electron chi connectivity index (χ1n) is 5.19. The number of rotatable bonds is 3. The van der Waals surface area contributed by atoms with Gasteiger partial charge in [-0.2, -0.15) is 0 Å². The molecule has 2 N–H and O–H groups in total. The van der Waals surface area contributed by atoms with Gasteiger partial charge in [-0.25, -0.2) is 9.37 Å². The van der Waals surface area contributed by atoms with Crippen LogP contribution in [-0.2, 0) is 13.0 Å². The summed E-state index contributed by atoms with van der Waals surface area (Å²) in [4.78, 5) is 4.25. The first-order chi connectivity index (χ1) is 7.74. The summed E-state index contributed by atoms with van der Waals surface area (Å²) in [5.74, 6) is 0.944. The standard InChI is InChI=1S/C12H13FN2O/c1-2-10-12(15-11(7-14)16-10)8-4-3-5-9(13)6-8/h3-6H,2,7,14H2,1H3. The van der Waals surface area contributed by atoms with Crippen molar-refractivity contribution in [3.05, 3.63) is 41.7 Å². The zero-order valence-corrected chi connectivity index (χ0v) is 9.03. The lowest BCUT2D eigenvalue weighted by Crippen LogP contribution is -1.95. The minimum absolute atomic E-state index is 0.252. The number of nitrogens with two attached hydrogens (primary N) is 1. The number of aromatic nitrogens is 1. The van der Waals surface area contributed by atoms with Crippen LogP contribution in [0.3, 0.4) is 0 Å². The number of nitrogens with zero attached hydrogens (tertiary/aromatic N) is 1. The molecular weight excluding hydrogens is 207 g/mol. The van der Waals surface area contributed by atoms with Crippen LogP contribution in [0.25, 0.3) is 11.3 Å². The average molecular weight is 220 g/mol. The van der Waals surface area contributed by atoms with Crippen molar-refractivity contribution in [2.75, 3.05) is 0 Å². The van der Waals surface area contributed by atoms with Crippen LogP contribution in [0.15, 0.2) is 28.7 Å². The Morgan fingerprint density at radius 2 is 2.25 bits per heavy atom. The molecule has 3 nitrogen and oxygen atoms in total. The zero-order valence-electron chi connectivity index (χ0n) is 9.03. The SMILES string of the molecule is CCc1oc(CN)nc1-c1cccc(F)c1. The minimum Gasteiger partial charge on any atom is -0.444 e. The molecule has 84 valence electrons. The number of benzene rings is 1. The summed E-state index contributed by atoms with van der Waals surface area (Å²) in [6.45, 7) is 2.21. The molecule has 0 aliphatic rings. The Morgan fingerprint density at radius 1 is 1.44 bits per heavy atom.